The Morgan fingerprint density at radius 3 is 2.30 bits per heavy atom. The van der Waals surface area contributed by atoms with E-state index < -0.39 is 17.5 Å². The van der Waals surface area contributed by atoms with E-state index in [1.54, 1.807) is 0 Å². The van der Waals surface area contributed by atoms with E-state index in [9.17, 15) is 14.4 Å². The molecule has 0 saturated heterocycles. The first-order chi connectivity index (χ1) is 4.63. The number of hydrogen-bond acceptors (Lipinski definition) is 3. The molecule has 0 aromatic heterocycles. The fourth-order valence-corrected chi connectivity index (χ4v) is 0.587. The Balaban J connectivity index is 3.03. The van der Waals surface area contributed by atoms with E-state index >= 15 is 0 Å². The molecule has 0 radical (unpaired) electrons. The van der Waals surface area contributed by atoms with Gasteiger partial charge in [0.25, 0.3) is 11.7 Å². The van der Waals surface area contributed by atoms with Crippen LogP contribution in [-0.4, -0.2) is 17.5 Å². The summed E-state index contributed by atoms with van der Waals surface area (Å²) in [5.74, 6) is -2.56. The molecule has 0 aliphatic carbocycles. The molecular formula is C6H5NO3. The second kappa shape index (κ2) is 2.06. The van der Waals surface area contributed by atoms with Crippen molar-refractivity contribution in [3.63, 3.8) is 0 Å². The summed E-state index contributed by atoms with van der Waals surface area (Å²) >= 11 is 0. The highest BCUT2D eigenvalue weighted by molar-refractivity contribution is 6.67. The van der Waals surface area contributed by atoms with Gasteiger partial charge in [0, 0.05) is 11.8 Å². The highest BCUT2D eigenvalue weighted by atomic mass is 16.2. The number of ketones is 2. The third-order valence-electron chi connectivity index (χ3n) is 1.19. The third kappa shape index (κ3) is 0.834. The van der Waals surface area contributed by atoms with E-state index in [4.69, 9.17) is 0 Å². The molecule has 1 aliphatic rings. The smallest absolute Gasteiger partial charge is 0.299 e. The normalized spacial score (nSPS) is 18.5. The first kappa shape index (κ1) is 6.67. The van der Waals surface area contributed by atoms with Gasteiger partial charge in [-0.1, -0.05) is 0 Å². The van der Waals surface area contributed by atoms with Gasteiger partial charge >= 0.3 is 0 Å². The van der Waals surface area contributed by atoms with Crippen LogP contribution in [-0.2, 0) is 14.4 Å². The fourth-order valence-electron chi connectivity index (χ4n) is 0.587. The van der Waals surface area contributed by atoms with Gasteiger partial charge in [-0.25, -0.2) is 0 Å². The standard InChI is InChI=1S/C6H5NO3/c1-3-2-7-6(10)5(9)4(3)8/h2H,1H3,(H,7,10). The Morgan fingerprint density at radius 1 is 1.20 bits per heavy atom. The Morgan fingerprint density at radius 2 is 1.80 bits per heavy atom. The minimum Gasteiger partial charge on any atom is -0.325 e. The van der Waals surface area contributed by atoms with Gasteiger partial charge in [0.15, 0.2) is 0 Å². The zero-order chi connectivity index (χ0) is 7.72. The van der Waals surface area contributed by atoms with Gasteiger partial charge in [0.2, 0.25) is 5.78 Å². The van der Waals surface area contributed by atoms with Crippen molar-refractivity contribution in [2.45, 2.75) is 6.92 Å². The van der Waals surface area contributed by atoms with Crippen molar-refractivity contribution in [1.82, 2.24) is 5.32 Å². The lowest BCUT2D eigenvalue weighted by molar-refractivity contribution is -0.143. The zero-order valence-corrected chi connectivity index (χ0v) is 5.30. The molecule has 1 aliphatic heterocycles. The summed E-state index contributed by atoms with van der Waals surface area (Å²) in [4.78, 5) is 31.6. The van der Waals surface area contributed by atoms with Crippen LogP contribution in [0.15, 0.2) is 11.8 Å². The Labute approximate surface area is 56.9 Å². The van der Waals surface area contributed by atoms with Crippen LogP contribution in [0, 0.1) is 0 Å². The summed E-state index contributed by atoms with van der Waals surface area (Å²) in [6.45, 7) is 1.47. The summed E-state index contributed by atoms with van der Waals surface area (Å²) in [5, 5.41) is 2.14. The number of Topliss-reactive ketones (excluding diaryl/α,β-unsaturated/α-hetero) is 2. The number of amides is 1. The SMILES string of the molecule is CC1=CNC(=O)C(=O)C1=O. The van der Waals surface area contributed by atoms with E-state index in [1.165, 1.54) is 13.1 Å². The number of carbonyl (C=O) groups is 3. The maximum Gasteiger partial charge on any atom is 0.299 e. The van der Waals surface area contributed by atoms with Crippen LogP contribution in [0.2, 0.25) is 0 Å². The first-order valence-corrected chi connectivity index (χ1v) is 2.69. The van der Waals surface area contributed by atoms with Gasteiger partial charge in [-0.05, 0) is 6.92 Å². The van der Waals surface area contributed by atoms with Crippen LogP contribution in [0.4, 0.5) is 0 Å². The molecule has 0 unspecified atom stereocenters. The summed E-state index contributed by atoms with van der Waals surface area (Å²) in [5.41, 5.74) is 0.268. The van der Waals surface area contributed by atoms with E-state index in [-0.39, 0.29) is 5.57 Å². The molecule has 4 heteroatoms. The summed E-state index contributed by atoms with van der Waals surface area (Å²) < 4.78 is 0. The first-order valence-electron chi connectivity index (χ1n) is 2.69. The van der Waals surface area contributed by atoms with E-state index in [2.05, 4.69) is 5.32 Å². The van der Waals surface area contributed by atoms with Crippen LogP contribution >= 0.6 is 0 Å². The fraction of sp³-hybridized carbons (Fsp3) is 0.167. The second-order valence-corrected chi connectivity index (χ2v) is 1.96. The molecule has 10 heavy (non-hydrogen) atoms. The number of nitrogens with one attached hydrogen (secondary N) is 1. The van der Waals surface area contributed by atoms with Gasteiger partial charge < -0.3 is 5.32 Å². The predicted molar refractivity (Wildman–Crippen MR) is 31.9 cm³/mol. The molecule has 0 spiro atoms. The molecule has 4 nitrogen and oxygen atoms in total. The van der Waals surface area contributed by atoms with Crippen LogP contribution in [0.1, 0.15) is 6.92 Å². The quantitative estimate of drug-likeness (QED) is 0.445. The van der Waals surface area contributed by atoms with Crippen LogP contribution in [0.3, 0.4) is 0 Å². The third-order valence-corrected chi connectivity index (χ3v) is 1.19. The largest absolute Gasteiger partial charge is 0.325 e. The maximum absolute atomic E-state index is 10.7. The van der Waals surface area contributed by atoms with Gasteiger partial charge in [-0.2, -0.15) is 0 Å². The second-order valence-electron chi connectivity index (χ2n) is 1.96. The molecule has 52 valence electrons. The van der Waals surface area contributed by atoms with Crippen molar-refractivity contribution >= 4 is 17.5 Å². The molecule has 0 saturated carbocycles. The number of rotatable bonds is 0. The molecular weight excluding hydrogens is 134 g/mol. The lowest BCUT2D eigenvalue weighted by Crippen LogP contribution is -2.37. The molecule has 0 aromatic rings. The average Bonchev–Trinajstić information content (AvgIpc) is 1.93. The number of allylic oxidation sites excluding steroid dienone is 1. The highest BCUT2D eigenvalue weighted by Gasteiger charge is 2.26. The highest BCUT2D eigenvalue weighted by Crippen LogP contribution is 1.98. The van der Waals surface area contributed by atoms with Crippen molar-refractivity contribution < 1.29 is 14.4 Å². The Hall–Kier alpha value is -1.45. The van der Waals surface area contributed by atoms with Crippen molar-refractivity contribution in [2.24, 2.45) is 0 Å². The predicted octanol–water partition coefficient (Wildman–Crippen LogP) is -0.842. The molecule has 0 fully saturated rings. The molecule has 0 aromatic carbocycles. The molecule has 1 heterocycles. The van der Waals surface area contributed by atoms with E-state index in [1.807, 2.05) is 0 Å². The average molecular weight is 139 g/mol. The molecule has 0 bridgehead atoms. The van der Waals surface area contributed by atoms with Gasteiger partial charge in [-0.3, -0.25) is 14.4 Å². The van der Waals surface area contributed by atoms with E-state index in [0.717, 1.165) is 0 Å². The maximum atomic E-state index is 10.7. The van der Waals surface area contributed by atoms with Gasteiger partial charge in [-0.15, -0.1) is 0 Å². The summed E-state index contributed by atoms with van der Waals surface area (Å²) in [6.07, 6.45) is 1.23. The lowest BCUT2D eigenvalue weighted by Gasteiger charge is -2.05. The minimum absolute atomic E-state index is 0.268. The topological polar surface area (TPSA) is 63.2 Å². The summed E-state index contributed by atoms with van der Waals surface area (Å²) in [7, 11) is 0. The van der Waals surface area contributed by atoms with Crippen molar-refractivity contribution in [3.8, 4) is 0 Å². The molecule has 1 N–H and O–H groups in total. The minimum atomic E-state index is -0.986. The van der Waals surface area contributed by atoms with E-state index in [0.29, 0.717) is 0 Å². The molecule has 1 amide bonds. The molecule has 0 atom stereocenters. The Bertz CT molecular complexity index is 252. The van der Waals surface area contributed by atoms with Crippen molar-refractivity contribution in [1.29, 1.82) is 0 Å². The lowest BCUT2D eigenvalue weighted by atomic mass is 10.1. The van der Waals surface area contributed by atoms with Crippen LogP contribution in [0.5, 0.6) is 0 Å². The van der Waals surface area contributed by atoms with Crippen molar-refractivity contribution in [3.05, 3.63) is 11.8 Å². The number of hydrogen-bond donors (Lipinski definition) is 1. The molecule has 1 rings (SSSR count). The van der Waals surface area contributed by atoms with Crippen LogP contribution < -0.4 is 5.32 Å². The van der Waals surface area contributed by atoms with Gasteiger partial charge in [0.1, 0.15) is 0 Å². The van der Waals surface area contributed by atoms with Crippen LogP contribution in [0.25, 0.3) is 0 Å². The number of carbonyl (C=O) groups excluding carboxylic acids is 3. The van der Waals surface area contributed by atoms with Crippen molar-refractivity contribution in [2.75, 3.05) is 0 Å². The Kier molecular flexibility index (Phi) is 1.37. The zero-order valence-electron chi connectivity index (χ0n) is 5.30. The van der Waals surface area contributed by atoms with Gasteiger partial charge in [0.05, 0.1) is 0 Å². The summed E-state index contributed by atoms with van der Waals surface area (Å²) in [6, 6.07) is 0. The monoisotopic (exact) mass is 139 g/mol.